The van der Waals surface area contributed by atoms with Crippen LogP contribution in [0.1, 0.15) is 55.6 Å². The average molecular weight is 576 g/mol. The Bertz CT molecular complexity index is 1250. The fourth-order valence-corrected chi connectivity index (χ4v) is 3.06. The summed E-state index contributed by atoms with van der Waals surface area (Å²) >= 11 is 0. The molecule has 0 radical (unpaired) electrons. The first kappa shape index (κ1) is 35.2. The lowest BCUT2D eigenvalue weighted by atomic mass is 10.2. The van der Waals surface area contributed by atoms with E-state index in [0.29, 0.717) is 5.56 Å². The van der Waals surface area contributed by atoms with Gasteiger partial charge in [-0.05, 0) is 38.5 Å². The number of aryl methyl sites for hydroxylation is 1. The number of nitrogens with zero attached hydrogens (tertiary/aromatic N) is 1. The molecule has 4 N–H and O–H groups in total. The number of carbonyl (C=O) groups excluding carboxylic acids is 5. The Morgan fingerprint density at radius 2 is 1.24 bits per heavy atom. The summed E-state index contributed by atoms with van der Waals surface area (Å²) in [5, 5.41) is 9.75. The van der Waals surface area contributed by atoms with Crippen LogP contribution in [0.15, 0.2) is 85.2 Å². The van der Waals surface area contributed by atoms with Crippen molar-refractivity contribution in [1.29, 1.82) is 0 Å². The average Bonchev–Trinajstić information content (AvgIpc) is 3.00. The van der Waals surface area contributed by atoms with Crippen molar-refractivity contribution < 1.29 is 24.0 Å². The molecule has 10 heteroatoms. The predicted molar refractivity (Wildman–Crippen MR) is 162 cm³/mol. The number of ketones is 1. The minimum absolute atomic E-state index is 0.189. The maximum Gasteiger partial charge on any atom is 0.289 e. The highest BCUT2D eigenvalue weighted by molar-refractivity contribution is 6.37. The molecule has 1 unspecified atom stereocenters. The molecule has 3 aromatic rings. The summed E-state index contributed by atoms with van der Waals surface area (Å²) in [6, 6.07) is 20.4. The zero-order valence-electron chi connectivity index (χ0n) is 24.8. The van der Waals surface area contributed by atoms with E-state index in [-0.39, 0.29) is 6.54 Å². The van der Waals surface area contributed by atoms with E-state index in [1.54, 1.807) is 12.1 Å². The molecule has 0 spiro atoms. The molecule has 2 aromatic carbocycles. The number of aromatic nitrogens is 1. The molecule has 3 rings (SSSR count). The number of carbonyl (C=O) groups is 5. The third-order valence-electron chi connectivity index (χ3n) is 5.35. The molecule has 0 saturated carbocycles. The standard InChI is InChI=1S/C22H25N5O5.C7H8.C3H8/c1-14(26-20(30)15(2)27-21(31)17-8-10-23-11-9-17)19(29)25-13-18(28)22(32)24-12-16-6-4-3-5-7-16;1-7-5-3-2-4-6-7;1-3-2/h3-11,14-15H,12-13H2,1-2H3,(H,24,32)(H,25,29)(H,26,30)(H,27,31);2-6H,1H3;3H2,1-2H3/t14-,15?;;/m0../s1. The van der Waals surface area contributed by atoms with Gasteiger partial charge in [-0.2, -0.15) is 0 Å². The van der Waals surface area contributed by atoms with Gasteiger partial charge in [-0.25, -0.2) is 0 Å². The topological polar surface area (TPSA) is 146 Å². The van der Waals surface area contributed by atoms with Gasteiger partial charge in [-0.3, -0.25) is 29.0 Å². The molecule has 4 amide bonds. The molecule has 0 saturated heterocycles. The summed E-state index contributed by atoms with van der Waals surface area (Å²) in [6.07, 6.45) is 4.16. The SMILES string of the molecule is CC(NC(=O)c1ccncc1)C(=O)N[C@@H](C)C(=O)NCC(=O)C(=O)NCc1ccccc1.CCC.Cc1ccccc1. The summed E-state index contributed by atoms with van der Waals surface area (Å²) in [7, 11) is 0. The van der Waals surface area contributed by atoms with Crippen LogP contribution < -0.4 is 21.3 Å². The number of hydrogen-bond acceptors (Lipinski definition) is 6. The fourth-order valence-electron chi connectivity index (χ4n) is 3.06. The van der Waals surface area contributed by atoms with Gasteiger partial charge < -0.3 is 21.3 Å². The molecule has 0 aliphatic heterocycles. The molecular weight excluding hydrogens is 534 g/mol. The van der Waals surface area contributed by atoms with Crippen molar-refractivity contribution in [2.75, 3.05) is 6.54 Å². The second kappa shape index (κ2) is 20.1. The van der Waals surface area contributed by atoms with E-state index in [9.17, 15) is 24.0 Å². The second-order valence-electron chi connectivity index (χ2n) is 9.33. The van der Waals surface area contributed by atoms with Crippen molar-refractivity contribution in [3.63, 3.8) is 0 Å². The first-order valence-electron chi connectivity index (χ1n) is 13.7. The number of nitrogens with one attached hydrogen (secondary N) is 4. The first-order valence-corrected chi connectivity index (χ1v) is 13.7. The highest BCUT2D eigenvalue weighted by Crippen LogP contribution is 1.98. The van der Waals surface area contributed by atoms with Gasteiger partial charge in [0.05, 0.1) is 6.54 Å². The van der Waals surface area contributed by atoms with Gasteiger partial charge in [0.2, 0.25) is 17.6 Å². The molecule has 10 nitrogen and oxygen atoms in total. The largest absolute Gasteiger partial charge is 0.347 e. The number of pyridine rings is 1. The minimum Gasteiger partial charge on any atom is -0.347 e. The molecule has 0 aliphatic carbocycles. The van der Waals surface area contributed by atoms with E-state index in [2.05, 4.69) is 59.2 Å². The lowest BCUT2D eigenvalue weighted by Crippen LogP contribution is -2.52. The van der Waals surface area contributed by atoms with Crippen molar-refractivity contribution in [2.24, 2.45) is 0 Å². The summed E-state index contributed by atoms with van der Waals surface area (Å²) in [5.74, 6) is -3.32. The van der Waals surface area contributed by atoms with Crippen LogP contribution in [-0.4, -0.2) is 53.0 Å². The lowest BCUT2D eigenvalue weighted by Gasteiger charge is -2.18. The number of hydrogen-bond donors (Lipinski definition) is 4. The van der Waals surface area contributed by atoms with E-state index in [1.807, 2.05) is 36.4 Å². The zero-order chi connectivity index (χ0) is 31.3. The maximum atomic E-state index is 12.2. The molecule has 0 bridgehead atoms. The monoisotopic (exact) mass is 575 g/mol. The van der Waals surface area contributed by atoms with Crippen molar-refractivity contribution in [3.8, 4) is 0 Å². The highest BCUT2D eigenvalue weighted by Gasteiger charge is 2.22. The highest BCUT2D eigenvalue weighted by atomic mass is 16.2. The Morgan fingerprint density at radius 1 is 0.714 bits per heavy atom. The van der Waals surface area contributed by atoms with Gasteiger partial charge in [0.1, 0.15) is 12.1 Å². The smallest absolute Gasteiger partial charge is 0.289 e. The molecule has 2 atom stereocenters. The van der Waals surface area contributed by atoms with Crippen LogP contribution in [0.2, 0.25) is 0 Å². The Kier molecular flexibility index (Phi) is 16.8. The van der Waals surface area contributed by atoms with Crippen LogP contribution in [0.5, 0.6) is 0 Å². The Hall–Kier alpha value is -4.86. The Morgan fingerprint density at radius 3 is 1.76 bits per heavy atom. The molecule has 1 aromatic heterocycles. The Balaban J connectivity index is 0.000000746. The van der Waals surface area contributed by atoms with Gasteiger partial charge >= 0.3 is 0 Å². The number of amides is 4. The lowest BCUT2D eigenvalue weighted by molar-refractivity contribution is -0.138. The van der Waals surface area contributed by atoms with Crippen LogP contribution in [-0.2, 0) is 25.7 Å². The first-order chi connectivity index (χ1) is 20.1. The number of rotatable bonds is 10. The normalized spacial score (nSPS) is 11.1. The fraction of sp³-hybridized carbons (Fsp3) is 0.312. The molecule has 0 fully saturated rings. The maximum absolute atomic E-state index is 12.2. The van der Waals surface area contributed by atoms with E-state index < -0.39 is 48.0 Å². The van der Waals surface area contributed by atoms with E-state index in [0.717, 1.165) is 5.56 Å². The third kappa shape index (κ3) is 14.5. The summed E-state index contributed by atoms with van der Waals surface area (Å²) in [6.45, 7) is 8.91. The summed E-state index contributed by atoms with van der Waals surface area (Å²) < 4.78 is 0. The number of Topliss-reactive ketones (excluding diaryl/α,β-unsaturated/α-hetero) is 1. The second-order valence-corrected chi connectivity index (χ2v) is 9.33. The Labute approximate surface area is 247 Å². The van der Waals surface area contributed by atoms with E-state index in [1.165, 1.54) is 50.4 Å². The quantitative estimate of drug-likeness (QED) is 0.273. The van der Waals surface area contributed by atoms with Crippen molar-refractivity contribution in [3.05, 3.63) is 102 Å². The van der Waals surface area contributed by atoms with Crippen molar-refractivity contribution >= 4 is 29.4 Å². The third-order valence-corrected chi connectivity index (χ3v) is 5.35. The van der Waals surface area contributed by atoms with Crippen LogP contribution >= 0.6 is 0 Å². The zero-order valence-corrected chi connectivity index (χ0v) is 24.8. The van der Waals surface area contributed by atoms with Gasteiger partial charge in [0.15, 0.2) is 0 Å². The minimum atomic E-state index is -0.983. The molecule has 1 heterocycles. The van der Waals surface area contributed by atoms with Gasteiger partial charge in [0.25, 0.3) is 11.8 Å². The molecule has 42 heavy (non-hydrogen) atoms. The van der Waals surface area contributed by atoms with E-state index >= 15 is 0 Å². The number of benzene rings is 2. The van der Waals surface area contributed by atoms with Gasteiger partial charge in [0, 0.05) is 24.5 Å². The molecular formula is C32H41N5O5. The van der Waals surface area contributed by atoms with Gasteiger partial charge in [-0.1, -0.05) is 86.5 Å². The van der Waals surface area contributed by atoms with Crippen LogP contribution in [0.25, 0.3) is 0 Å². The molecule has 0 aliphatic rings. The van der Waals surface area contributed by atoms with Crippen LogP contribution in [0, 0.1) is 6.92 Å². The van der Waals surface area contributed by atoms with Crippen LogP contribution in [0.3, 0.4) is 0 Å². The summed E-state index contributed by atoms with van der Waals surface area (Å²) in [4.78, 5) is 64.1. The van der Waals surface area contributed by atoms with Crippen LogP contribution in [0.4, 0.5) is 0 Å². The van der Waals surface area contributed by atoms with E-state index in [4.69, 9.17) is 0 Å². The molecule has 224 valence electrons. The van der Waals surface area contributed by atoms with Crippen molar-refractivity contribution in [2.45, 2.75) is 59.7 Å². The van der Waals surface area contributed by atoms with Gasteiger partial charge in [-0.15, -0.1) is 0 Å². The predicted octanol–water partition coefficient (Wildman–Crippen LogP) is 3.12. The summed E-state index contributed by atoms with van der Waals surface area (Å²) in [5.41, 5.74) is 2.50. The van der Waals surface area contributed by atoms with Crippen molar-refractivity contribution in [1.82, 2.24) is 26.3 Å².